The number of likely N-dealkylation sites (N-methyl/N-ethyl adjacent to an activating group) is 1. The van der Waals surface area contributed by atoms with E-state index in [1.165, 1.54) is 0 Å². The monoisotopic (exact) mass is 287 g/mol. The Labute approximate surface area is 112 Å². The van der Waals surface area contributed by atoms with Crippen molar-refractivity contribution >= 4 is 27.1 Å². The Balaban J connectivity index is 2.03. The highest BCUT2D eigenvalue weighted by Crippen LogP contribution is 2.19. The molecule has 1 saturated heterocycles. The van der Waals surface area contributed by atoms with Gasteiger partial charge in [0.25, 0.3) is 0 Å². The first-order valence-corrected chi connectivity index (χ1v) is 8.74. The number of carbonyl (C=O) groups is 1. The van der Waals surface area contributed by atoms with Crippen molar-refractivity contribution in [1.82, 2.24) is 4.90 Å². The zero-order chi connectivity index (χ0) is 13.2. The van der Waals surface area contributed by atoms with Crippen LogP contribution in [-0.4, -0.2) is 43.3 Å². The number of sulfone groups is 1. The van der Waals surface area contributed by atoms with Crippen molar-refractivity contribution in [2.75, 3.05) is 18.1 Å². The van der Waals surface area contributed by atoms with Crippen molar-refractivity contribution in [3.05, 3.63) is 22.4 Å². The molecule has 4 nitrogen and oxygen atoms in total. The summed E-state index contributed by atoms with van der Waals surface area (Å²) in [7, 11) is -2.94. The molecule has 0 saturated carbocycles. The van der Waals surface area contributed by atoms with Crippen LogP contribution in [-0.2, 0) is 21.1 Å². The fourth-order valence-corrected chi connectivity index (χ4v) is 4.75. The first kappa shape index (κ1) is 13.5. The standard InChI is InChI=1S/C12H17NO3S2/c1-2-13(10-5-7-18(15,16)9-10)12(14)8-11-4-3-6-17-11/h3-4,6,10H,2,5,7-9H2,1H3. The Bertz CT molecular complexity index is 507. The molecule has 1 unspecified atom stereocenters. The quantitative estimate of drug-likeness (QED) is 0.839. The van der Waals surface area contributed by atoms with Crippen LogP contribution in [0.15, 0.2) is 17.5 Å². The largest absolute Gasteiger partial charge is 0.339 e. The molecular weight excluding hydrogens is 270 g/mol. The van der Waals surface area contributed by atoms with E-state index in [1.807, 2.05) is 24.4 Å². The summed E-state index contributed by atoms with van der Waals surface area (Å²) in [4.78, 5) is 14.9. The van der Waals surface area contributed by atoms with Crippen LogP contribution in [0.4, 0.5) is 0 Å². The van der Waals surface area contributed by atoms with Crippen molar-refractivity contribution in [1.29, 1.82) is 0 Å². The van der Waals surface area contributed by atoms with E-state index >= 15 is 0 Å². The van der Waals surface area contributed by atoms with Crippen molar-refractivity contribution < 1.29 is 13.2 Å². The number of hydrogen-bond acceptors (Lipinski definition) is 4. The summed E-state index contributed by atoms with van der Waals surface area (Å²) >= 11 is 1.56. The molecule has 1 aromatic rings. The van der Waals surface area contributed by atoms with Crippen LogP contribution >= 0.6 is 11.3 Å². The van der Waals surface area contributed by atoms with Gasteiger partial charge in [-0.2, -0.15) is 0 Å². The van der Waals surface area contributed by atoms with Gasteiger partial charge >= 0.3 is 0 Å². The summed E-state index contributed by atoms with van der Waals surface area (Å²) in [5.74, 6) is 0.360. The third kappa shape index (κ3) is 3.11. The normalized spacial score (nSPS) is 21.9. The molecule has 0 bridgehead atoms. The first-order valence-electron chi connectivity index (χ1n) is 6.04. The molecular formula is C12H17NO3S2. The van der Waals surface area contributed by atoms with Gasteiger partial charge in [0, 0.05) is 17.5 Å². The lowest BCUT2D eigenvalue weighted by atomic mass is 10.2. The van der Waals surface area contributed by atoms with Gasteiger partial charge in [0.15, 0.2) is 9.84 Å². The molecule has 1 aliphatic heterocycles. The molecule has 6 heteroatoms. The fourth-order valence-electron chi connectivity index (χ4n) is 2.32. The summed E-state index contributed by atoms with van der Waals surface area (Å²) in [5.41, 5.74) is 0. The summed E-state index contributed by atoms with van der Waals surface area (Å²) in [6.45, 7) is 2.47. The maximum Gasteiger partial charge on any atom is 0.228 e. The molecule has 1 aromatic heterocycles. The smallest absolute Gasteiger partial charge is 0.228 e. The highest BCUT2D eigenvalue weighted by molar-refractivity contribution is 7.91. The fraction of sp³-hybridized carbons (Fsp3) is 0.583. The van der Waals surface area contributed by atoms with Crippen molar-refractivity contribution in [2.45, 2.75) is 25.8 Å². The Kier molecular flexibility index (Phi) is 4.07. The van der Waals surface area contributed by atoms with E-state index in [1.54, 1.807) is 16.2 Å². The average Bonchev–Trinajstić information content (AvgIpc) is 2.89. The molecule has 1 amide bonds. The van der Waals surface area contributed by atoms with Gasteiger partial charge in [-0.05, 0) is 24.8 Å². The van der Waals surface area contributed by atoms with Crippen molar-refractivity contribution in [3.63, 3.8) is 0 Å². The Morgan fingerprint density at radius 2 is 2.33 bits per heavy atom. The van der Waals surface area contributed by atoms with Gasteiger partial charge in [-0.15, -0.1) is 11.3 Å². The van der Waals surface area contributed by atoms with E-state index in [0.717, 1.165) is 4.88 Å². The van der Waals surface area contributed by atoms with Crippen LogP contribution in [0.2, 0.25) is 0 Å². The molecule has 2 heterocycles. The van der Waals surface area contributed by atoms with Crippen LogP contribution in [0.25, 0.3) is 0 Å². The maximum absolute atomic E-state index is 12.2. The zero-order valence-electron chi connectivity index (χ0n) is 10.3. The molecule has 0 aromatic carbocycles. The second-order valence-electron chi connectivity index (χ2n) is 4.49. The molecule has 0 aliphatic carbocycles. The molecule has 2 rings (SSSR count). The number of thiophene rings is 1. The van der Waals surface area contributed by atoms with Gasteiger partial charge in [-0.3, -0.25) is 4.79 Å². The maximum atomic E-state index is 12.2. The van der Waals surface area contributed by atoms with Gasteiger partial charge in [0.1, 0.15) is 0 Å². The first-order chi connectivity index (χ1) is 8.52. The number of nitrogens with zero attached hydrogens (tertiary/aromatic N) is 1. The van der Waals surface area contributed by atoms with E-state index in [0.29, 0.717) is 19.4 Å². The SMILES string of the molecule is CCN(C(=O)Cc1cccs1)C1CCS(=O)(=O)C1. The van der Waals surface area contributed by atoms with E-state index in [4.69, 9.17) is 0 Å². The van der Waals surface area contributed by atoms with Crippen LogP contribution in [0.1, 0.15) is 18.2 Å². The van der Waals surface area contributed by atoms with Crippen LogP contribution in [0, 0.1) is 0 Å². The summed E-state index contributed by atoms with van der Waals surface area (Å²) < 4.78 is 22.9. The Hall–Kier alpha value is -0.880. The van der Waals surface area contributed by atoms with Crippen LogP contribution in [0.5, 0.6) is 0 Å². The van der Waals surface area contributed by atoms with E-state index in [9.17, 15) is 13.2 Å². The third-order valence-corrected chi connectivity index (χ3v) is 5.84. The highest BCUT2D eigenvalue weighted by atomic mass is 32.2. The minimum atomic E-state index is -2.94. The Morgan fingerprint density at radius 1 is 1.56 bits per heavy atom. The minimum absolute atomic E-state index is 0.0297. The topological polar surface area (TPSA) is 54.5 Å². The van der Waals surface area contributed by atoms with Gasteiger partial charge < -0.3 is 4.90 Å². The van der Waals surface area contributed by atoms with Crippen LogP contribution < -0.4 is 0 Å². The number of amides is 1. The lowest BCUT2D eigenvalue weighted by molar-refractivity contribution is -0.132. The molecule has 100 valence electrons. The third-order valence-electron chi connectivity index (χ3n) is 3.22. The molecule has 1 atom stereocenters. The van der Waals surface area contributed by atoms with Gasteiger partial charge in [-0.1, -0.05) is 6.07 Å². The molecule has 0 N–H and O–H groups in total. The molecule has 0 radical (unpaired) electrons. The average molecular weight is 287 g/mol. The number of hydrogen-bond donors (Lipinski definition) is 0. The summed E-state index contributed by atoms with van der Waals surface area (Å²) in [6, 6.07) is 3.72. The van der Waals surface area contributed by atoms with Crippen LogP contribution in [0.3, 0.4) is 0 Å². The molecule has 1 aliphatic rings. The van der Waals surface area contributed by atoms with Crippen molar-refractivity contribution in [3.8, 4) is 0 Å². The van der Waals surface area contributed by atoms with Gasteiger partial charge in [-0.25, -0.2) is 8.42 Å². The number of rotatable bonds is 4. The Morgan fingerprint density at radius 3 is 2.83 bits per heavy atom. The molecule has 18 heavy (non-hydrogen) atoms. The van der Waals surface area contributed by atoms with Gasteiger partial charge in [0.05, 0.1) is 17.9 Å². The zero-order valence-corrected chi connectivity index (χ0v) is 12.0. The highest BCUT2D eigenvalue weighted by Gasteiger charge is 2.33. The minimum Gasteiger partial charge on any atom is -0.339 e. The van der Waals surface area contributed by atoms with E-state index in [2.05, 4.69) is 0 Å². The van der Waals surface area contributed by atoms with E-state index < -0.39 is 9.84 Å². The lowest BCUT2D eigenvalue weighted by Gasteiger charge is -2.26. The lowest BCUT2D eigenvalue weighted by Crippen LogP contribution is -2.41. The van der Waals surface area contributed by atoms with Gasteiger partial charge in [0.2, 0.25) is 5.91 Å². The second-order valence-corrected chi connectivity index (χ2v) is 7.75. The number of carbonyl (C=O) groups excluding carboxylic acids is 1. The predicted octanol–water partition coefficient (Wildman–Crippen LogP) is 1.33. The second kappa shape index (κ2) is 5.40. The summed E-state index contributed by atoms with van der Waals surface area (Å²) in [6.07, 6.45) is 0.953. The van der Waals surface area contributed by atoms with E-state index in [-0.39, 0.29) is 23.5 Å². The van der Waals surface area contributed by atoms with Crippen molar-refractivity contribution in [2.24, 2.45) is 0 Å². The summed E-state index contributed by atoms with van der Waals surface area (Å²) in [5, 5.41) is 1.94. The molecule has 0 spiro atoms. The predicted molar refractivity (Wildman–Crippen MR) is 72.5 cm³/mol. The molecule has 1 fully saturated rings.